The number of amides is 2. The van der Waals surface area contributed by atoms with Crippen molar-refractivity contribution in [2.75, 3.05) is 0 Å². The molecule has 1 saturated carbocycles. The zero-order valence-electron chi connectivity index (χ0n) is 12.0. The minimum absolute atomic E-state index is 0.125. The summed E-state index contributed by atoms with van der Waals surface area (Å²) in [6, 6.07) is 7.52. The molecule has 112 valence electrons. The van der Waals surface area contributed by atoms with Crippen LogP contribution in [0.2, 0.25) is 5.02 Å². The molecule has 2 aliphatic rings. The first-order valence-electron chi connectivity index (χ1n) is 7.70. The fourth-order valence-corrected chi connectivity index (χ4v) is 4.24. The van der Waals surface area contributed by atoms with Gasteiger partial charge in [-0.2, -0.15) is 0 Å². The van der Waals surface area contributed by atoms with Crippen LogP contribution in [0.5, 0.6) is 0 Å². The second kappa shape index (κ2) is 5.80. The van der Waals surface area contributed by atoms with Crippen LogP contribution in [0, 0.1) is 5.41 Å². The Morgan fingerprint density at radius 3 is 2.48 bits per heavy atom. The Morgan fingerprint density at radius 1 is 1.10 bits per heavy atom. The summed E-state index contributed by atoms with van der Waals surface area (Å²) < 4.78 is 0. The number of nitrogens with one attached hydrogen (secondary N) is 1. The van der Waals surface area contributed by atoms with E-state index in [0.29, 0.717) is 11.4 Å². The molecule has 0 radical (unpaired) electrons. The first kappa shape index (κ1) is 14.6. The van der Waals surface area contributed by atoms with Crippen LogP contribution in [0.15, 0.2) is 24.3 Å². The van der Waals surface area contributed by atoms with Gasteiger partial charge in [0.05, 0.1) is 5.92 Å². The van der Waals surface area contributed by atoms with Crippen molar-refractivity contribution >= 4 is 23.4 Å². The summed E-state index contributed by atoms with van der Waals surface area (Å²) >= 11 is 6.10. The molecule has 1 atom stereocenters. The number of carbonyl (C=O) groups is 2. The van der Waals surface area contributed by atoms with Crippen LogP contribution in [0.1, 0.15) is 56.4 Å². The lowest BCUT2D eigenvalue weighted by molar-refractivity contribution is -0.140. The topological polar surface area (TPSA) is 46.2 Å². The van der Waals surface area contributed by atoms with Crippen LogP contribution in [0.4, 0.5) is 0 Å². The van der Waals surface area contributed by atoms with E-state index in [1.165, 1.54) is 12.8 Å². The average molecular weight is 306 g/mol. The molecule has 1 heterocycles. The van der Waals surface area contributed by atoms with Gasteiger partial charge in [-0.3, -0.25) is 14.9 Å². The number of halogens is 1. The SMILES string of the molecule is O=C1CC2(CCCCCC2)C(c2cccc(Cl)c2)C(=O)N1. The van der Waals surface area contributed by atoms with Gasteiger partial charge in [0.2, 0.25) is 11.8 Å². The molecule has 3 nitrogen and oxygen atoms in total. The van der Waals surface area contributed by atoms with Crippen molar-refractivity contribution in [1.29, 1.82) is 0 Å². The van der Waals surface area contributed by atoms with Gasteiger partial charge in [0.25, 0.3) is 0 Å². The number of imide groups is 1. The van der Waals surface area contributed by atoms with Gasteiger partial charge < -0.3 is 0 Å². The largest absolute Gasteiger partial charge is 0.296 e. The van der Waals surface area contributed by atoms with E-state index >= 15 is 0 Å². The number of benzene rings is 1. The highest BCUT2D eigenvalue weighted by atomic mass is 35.5. The Balaban J connectivity index is 2.03. The van der Waals surface area contributed by atoms with Crippen LogP contribution in [0.25, 0.3) is 0 Å². The molecule has 1 saturated heterocycles. The molecule has 0 aromatic heterocycles. The van der Waals surface area contributed by atoms with Crippen molar-refractivity contribution in [3.63, 3.8) is 0 Å². The molecule has 0 bridgehead atoms. The fourth-order valence-electron chi connectivity index (χ4n) is 4.04. The summed E-state index contributed by atoms with van der Waals surface area (Å²) in [7, 11) is 0. The van der Waals surface area contributed by atoms with Crippen LogP contribution < -0.4 is 5.32 Å². The highest BCUT2D eigenvalue weighted by molar-refractivity contribution is 6.30. The molecule has 1 spiro atoms. The molecule has 4 heteroatoms. The normalized spacial score (nSPS) is 25.5. The first-order valence-corrected chi connectivity index (χ1v) is 8.08. The standard InChI is InChI=1S/C17H20ClNO2/c18-13-7-5-6-12(10-13)15-16(21)19-14(20)11-17(15)8-3-1-2-4-9-17/h5-7,10,15H,1-4,8-9,11H2,(H,19,20,21). The fraction of sp³-hybridized carbons (Fsp3) is 0.529. The third kappa shape index (κ3) is 2.84. The maximum Gasteiger partial charge on any atom is 0.234 e. The summed E-state index contributed by atoms with van der Waals surface area (Å²) in [5, 5.41) is 3.16. The number of rotatable bonds is 1. The van der Waals surface area contributed by atoms with Gasteiger partial charge in [-0.15, -0.1) is 0 Å². The third-order valence-electron chi connectivity index (χ3n) is 4.93. The zero-order chi connectivity index (χ0) is 14.9. The van der Waals surface area contributed by atoms with E-state index in [9.17, 15) is 9.59 Å². The molecule has 3 rings (SSSR count). The number of hydrogen-bond donors (Lipinski definition) is 1. The number of carbonyl (C=O) groups excluding carboxylic acids is 2. The lowest BCUT2D eigenvalue weighted by Crippen LogP contribution is -2.50. The predicted octanol–water partition coefficient (Wildman–Crippen LogP) is 3.81. The Bertz CT molecular complexity index is 562. The summed E-state index contributed by atoms with van der Waals surface area (Å²) in [5.41, 5.74) is 0.718. The quantitative estimate of drug-likeness (QED) is 0.802. The summed E-state index contributed by atoms with van der Waals surface area (Å²) in [6.45, 7) is 0. The maximum absolute atomic E-state index is 12.5. The molecule has 1 N–H and O–H groups in total. The van der Waals surface area contributed by atoms with E-state index < -0.39 is 0 Å². The summed E-state index contributed by atoms with van der Waals surface area (Å²) in [6.07, 6.45) is 6.93. The molecule has 2 amide bonds. The van der Waals surface area contributed by atoms with Gasteiger partial charge in [-0.1, -0.05) is 49.4 Å². The van der Waals surface area contributed by atoms with Gasteiger partial charge in [0.15, 0.2) is 0 Å². The third-order valence-corrected chi connectivity index (χ3v) is 5.17. The van der Waals surface area contributed by atoms with Crippen molar-refractivity contribution < 1.29 is 9.59 Å². The lowest BCUT2D eigenvalue weighted by Gasteiger charge is -2.42. The van der Waals surface area contributed by atoms with Crippen molar-refractivity contribution in [3.05, 3.63) is 34.9 Å². The Hall–Kier alpha value is -1.35. The van der Waals surface area contributed by atoms with Gasteiger partial charge in [0.1, 0.15) is 0 Å². The second-order valence-corrected chi connectivity index (χ2v) is 6.79. The highest BCUT2D eigenvalue weighted by Gasteiger charge is 2.48. The Morgan fingerprint density at radius 2 is 1.81 bits per heavy atom. The summed E-state index contributed by atoms with van der Waals surface area (Å²) in [5.74, 6) is -0.539. The molecule has 1 unspecified atom stereocenters. The van der Waals surface area contributed by atoms with E-state index in [2.05, 4.69) is 5.32 Å². The first-order chi connectivity index (χ1) is 10.1. The molecule has 1 aromatic rings. The molecule has 1 aromatic carbocycles. The zero-order valence-corrected chi connectivity index (χ0v) is 12.8. The Labute approximate surface area is 130 Å². The molecule has 2 fully saturated rings. The van der Waals surface area contributed by atoms with Gasteiger partial charge >= 0.3 is 0 Å². The van der Waals surface area contributed by atoms with Crippen LogP contribution in [-0.2, 0) is 9.59 Å². The van der Waals surface area contributed by atoms with Crippen molar-refractivity contribution in [2.24, 2.45) is 5.41 Å². The van der Waals surface area contributed by atoms with E-state index in [-0.39, 0.29) is 23.1 Å². The minimum atomic E-state index is -0.257. The van der Waals surface area contributed by atoms with E-state index in [4.69, 9.17) is 11.6 Å². The van der Waals surface area contributed by atoms with Crippen molar-refractivity contribution in [1.82, 2.24) is 5.32 Å². The van der Waals surface area contributed by atoms with E-state index in [1.807, 2.05) is 24.3 Å². The molecule has 1 aliphatic heterocycles. The van der Waals surface area contributed by atoms with Crippen molar-refractivity contribution in [2.45, 2.75) is 50.9 Å². The lowest BCUT2D eigenvalue weighted by atomic mass is 9.63. The van der Waals surface area contributed by atoms with E-state index in [0.717, 1.165) is 31.2 Å². The number of hydrogen-bond acceptors (Lipinski definition) is 2. The molecular formula is C17H20ClNO2. The van der Waals surface area contributed by atoms with Gasteiger partial charge in [-0.05, 0) is 36.0 Å². The monoisotopic (exact) mass is 305 g/mol. The van der Waals surface area contributed by atoms with Crippen LogP contribution in [0.3, 0.4) is 0 Å². The summed E-state index contributed by atoms with van der Waals surface area (Å²) in [4.78, 5) is 24.5. The molecule has 1 aliphatic carbocycles. The van der Waals surface area contributed by atoms with Crippen molar-refractivity contribution in [3.8, 4) is 0 Å². The molecular weight excluding hydrogens is 286 g/mol. The van der Waals surface area contributed by atoms with Crippen LogP contribution in [-0.4, -0.2) is 11.8 Å². The maximum atomic E-state index is 12.5. The average Bonchev–Trinajstić information content (AvgIpc) is 2.64. The second-order valence-electron chi connectivity index (χ2n) is 6.35. The van der Waals surface area contributed by atoms with Gasteiger partial charge in [0, 0.05) is 11.4 Å². The smallest absolute Gasteiger partial charge is 0.234 e. The highest BCUT2D eigenvalue weighted by Crippen LogP contribution is 2.50. The Kier molecular flexibility index (Phi) is 4.03. The minimum Gasteiger partial charge on any atom is -0.296 e. The number of piperidine rings is 1. The van der Waals surface area contributed by atoms with Gasteiger partial charge in [-0.25, -0.2) is 0 Å². The van der Waals surface area contributed by atoms with Crippen LogP contribution >= 0.6 is 11.6 Å². The molecule has 21 heavy (non-hydrogen) atoms. The predicted molar refractivity (Wildman–Crippen MR) is 82.1 cm³/mol. The van der Waals surface area contributed by atoms with E-state index in [1.54, 1.807) is 0 Å².